The van der Waals surface area contributed by atoms with Crippen molar-refractivity contribution in [2.24, 2.45) is 0 Å². The fourth-order valence-electron chi connectivity index (χ4n) is 1.90. The maximum Gasteiger partial charge on any atom is 0.0884 e. The number of unbranched alkanes of at least 4 members (excludes halogenated alkanes) is 1. The second kappa shape index (κ2) is 5.78. The predicted molar refractivity (Wildman–Crippen MR) is 58.3 cm³/mol. The second-order valence-electron chi connectivity index (χ2n) is 3.92. The largest absolute Gasteiger partial charge is 0.197 e. The summed E-state index contributed by atoms with van der Waals surface area (Å²) < 4.78 is 0. The average Bonchev–Trinajstić information content (AvgIpc) is 2.59. The molecule has 0 amide bonds. The van der Waals surface area contributed by atoms with Crippen LogP contribution in [-0.2, 0) is 0 Å². The zero-order chi connectivity index (χ0) is 10.4. The smallest absolute Gasteiger partial charge is 0.0884 e. The first-order valence-electron chi connectivity index (χ1n) is 5.66. The minimum Gasteiger partial charge on any atom is -0.197 e. The maximum atomic E-state index is 4.25. The summed E-state index contributed by atoms with van der Waals surface area (Å²) in [5, 5.41) is 11.1. The summed E-state index contributed by atoms with van der Waals surface area (Å²) in [5.74, 6) is 0.610. The Morgan fingerprint density at radius 2 is 1.93 bits per heavy atom. The van der Waals surface area contributed by atoms with Gasteiger partial charge in [0.2, 0.25) is 0 Å². The number of nitrogens with one attached hydrogen (secondary N) is 1. The van der Waals surface area contributed by atoms with Gasteiger partial charge in [-0.05, 0) is 19.8 Å². The van der Waals surface area contributed by atoms with E-state index in [0.29, 0.717) is 5.92 Å². The molecule has 0 bridgehead atoms. The van der Waals surface area contributed by atoms with Gasteiger partial charge in [0.1, 0.15) is 0 Å². The van der Waals surface area contributed by atoms with Gasteiger partial charge in [-0.25, -0.2) is 0 Å². The van der Waals surface area contributed by atoms with Crippen LogP contribution in [0.1, 0.15) is 63.3 Å². The molecule has 80 valence electrons. The van der Waals surface area contributed by atoms with Crippen molar-refractivity contribution in [2.45, 2.75) is 58.8 Å². The first-order chi connectivity index (χ1) is 6.79. The zero-order valence-electron chi connectivity index (χ0n) is 9.51. The Bertz CT molecular complexity index is 255. The van der Waals surface area contributed by atoms with Crippen molar-refractivity contribution in [3.05, 3.63) is 11.4 Å². The van der Waals surface area contributed by atoms with Gasteiger partial charge in [-0.3, -0.25) is 0 Å². The van der Waals surface area contributed by atoms with Crippen molar-refractivity contribution >= 4 is 0 Å². The Hall–Kier alpha value is -0.860. The molecule has 1 unspecified atom stereocenters. The average molecular weight is 195 g/mol. The summed E-state index contributed by atoms with van der Waals surface area (Å²) in [6.45, 7) is 6.50. The molecule has 0 aliphatic rings. The summed E-state index contributed by atoms with van der Waals surface area (Å²) in [6, 6.07) is 0. The second-order valence-corrected chi connectivity index (χ2v) is 3.92. The molecular weight excluding hydrogens is 174 g/mol. The van der Waals surface area contributed by atoms with Gasteiger partial charge in [0.25, 0.3) is 0 Å². The van der Waals surface area contributed by atoms with E-state index in [2.05, 4.69) is 29.3 Å². The third kappa shape index (κ3) is 2.82. The lowest BCUT2D eigenvalue weighted by Gasteiger charge is -2.13. The summed E-state index contributed by atoms with van der Waals surface area (Å²) in [5.41, 5.74) is 2.25. The summed E-state index contributed by atoms with van der Waals surface area (Å²) >= 11 is 0. The van der Waals surface area contributed by atoms with Crippen molar-refractivity contribution in [3.63, 3.8) is 0 Å². The fraction of sp³-hybridized carbons (Fsp3) is 0.818. The Balaban J connectivity index is 2.62. The van der Waals surface area contributed by atoms with E-state index < -0.39 is 0 Å². The van der Waals surface area contributed by atoms with E-state index in [4.69, 9.17) is 0 Å². The molecule has 0 aliphatic heterocycles. The number of aromatic nitrogens is 3. The molecule has 0 radical (unpaired) electrons. The molecule has 3 heteroatoms. The molecule has 1 aromatic heterocycles. The monoisotopic (exact) mass is 195 g/mol. The van der Waals surface area contributed by atoms with E-state index in [-0.39, 0.29) is 0 Å². The lowest BCUT2D eigenvalue weighted by atomic mass is 9.93. The van der Waals surface area contributed by atoms with Crippen LogP contribution in [0.4, 0.5) is 0 Å². The Morgan fingerprint density at radius 3 is 2.43 bits per heavy atom. The highest BCUT2D eigenvalue weighted by atomic mass is 15.3. The number of aromatic amines is 1. The van der Waals surface area contributed by atoms with Crippen LogP contribution in [0.3, 0.4) is 0 Å². The van der Waals surface area contributed by atoms with Crippen LogP contribution in [0.25, 0.3) is 0 Å². The topological polar surface area (TPSA) is 41.6 Å². The van der Waals surface area contributed by atoms with Crippen LogP contribution in [-0.4, -0.2) is 15.4 Å². The molecule has 0 saturated carbocycles. The first-order valence-corrected chi connectivity index (χ1v) is 5.66. The minimum atomic E-state index is 0.610. The molecule has 0 spiro atoms. The van der Waals surface area contributed by atoms with Crippen LogP contribution < -0.4 is 0 Å². The molecule has 1 aromatic rings. The predicted octanol–water partition coefficient (Wildman–Crippen LogP) is 3.19. The van der Waals surface area contributed by atoms with Crippen molar-refractivity contribution in [1.29, 1.82) is 0 Å². The number of hydrogen-bond acceptors (Lipinski definition) is 2. The van der Waals surface area contributed by atoms with Crippen molar-refractivity contribution in [1.82, 2.24) is 15.4 Å². The van der Waals surface area contributed by atoms with E-state index in [0.717, 1.165) is 5.69 Å². The normalized spacial score (nSPS) is 13.1. The van der Waals surface area contributed by atoms with Gasteiger partial charge in [0.05, 0.1) is 11.4 Å². The van der Waals surface area contributed by atoms with E-state index in [1.54, 1.807) is 0 Å². The van der Waals surface area contributed by atoms with E-state index >= 15 is 0 Å². The van der Waals surface area contributed by atoms with Gasteiger partial charge < -0.3 is 0 Å². The Morgan fingerprint density at radius 1 is 1.14 bits per heavy atom. The number of rotatable bonds is 6. The molecule has 0 saturated heterocycles. The van der Waals surface area contributed by atoms with Crippen molar-refractivity contribution < 1.29 is 0 Å². The van der Waals surface area contributed by atoms with E-state index in [9.17, 15) is 0 Å². The quantitative estimate of drug-likeness (QED) is 0.757. The van der Waals surface area contributed by atoms with Crippen LogP contribution in [0, 0.1) is 6.92 Å². The summed E-state index contributed by atoms with van der Waals surface area (Å²) in [4.78, 5) is 0. The molecular formula is C11H21N3. The highest BCUT2D eigenvalue weighted by Crippen LogP contribution is 2.26. The fourth-order valence-corrected chi connectivity index (χ4v) is 1.90. The van der Waals surface area contributed by atoms with Gasteiger partial charge in [-0.15, -0.1) is 0 Å². The van der Waals surface area contributed by atoms with Crippen LogP contribution in [0.15, 0.2) is 0 Å². The zero-order valence-corrected chi connectivity index (χ0v) is 9.51. The van der Waals surface area contributed by atoms with E-state index in [1.165, 1.54) is 37.8 Å². The van der Waals surface area contributed by atoms with Crippen LogP contribution in [0.5, 0.6) is 0 Å². The molecule has 1 N–H and O–H groups in total. The van der Waals surface area contributed by atoms with Gasteiger partial charge in [-0.2, -0.15) is 15.4 Å². The number of aryl methyl sites for hydroxylation is 1. The van der Waals surface area contributed by atoms with E-state index in [1.807, 2.05) is 6.92 Å². The SMILES string of the molecule is CCCCC(CCC)c1n[nH]nc1C. The lowest BCUT2D eigenvalue weighted by Crippen LogP contribution is -2.01. The lowest BCUT2D eigenvalue weighted by molar-refractivity contribution is 0.527. The third-order valence-corrected chi connectivity index (χ3v) is 2.69. The number of hydrogen-bond donors (Lipinski definition) is 1. The first kappa shape index (κ1) is 11.2. The molecule has 0 fully saturated rings. The molecule has 1 atom stereocenters. The molecule has 14 heavy (non-hydrogen) atoms. The number of nitrogens with zero attached hydrogens (tertiary/aromatic N) is 2. The minimum absolute atomic E-state index is 0.610. The third-order valence-electron chi connectivity index (χ3n) is 2.69. The Labute approximate surface area is 86.3 Å². The highest BCUT2D eigenvalue weighted by Gasteiger charge is 2.15. The molecule has 0 aliphatic carbocycles. The standard InChI is InChI=1S/C11H21N3/c1-4-6-8-10(7-5-2)11-9(3)12-14-13-11/h10H,4-8H2,1-3H3,(H,12,13,14). The molecule has 0 aromatic carbocycles. The van der Waals surface area contributed by atoms with Crippen LogP contribution >= 0.6 is 0 Å². The summed E-state index contributed by atoms with van der Waals surface area (Å²) in [6.07, 6.45) is 6.25. The maximum absolute atomic E-state index is 4.25. The van der Waals surface area contributed by atoms with Gasteiger partial charge in [-0.1, -0.05) is 33.1 Å². The van der Waals surface area contributed by atoms with Crippen LogP contribution in [0.2, 0.25) is 0 Å². The molecule has 1 heterocycles. The van der Waals surface area contributed by atoms with Crippen molar-refractivity contribution in [3.8, 4) is 0 Å². The molecule has 3 nitrogen and oxygen atoms in total. The summed E-state index contributed by atoms with van der Waals surface area (Å²) in [7, 11) is 0. The Kier molecular flexibility index (Phi) is 4.63. The number of H-pyrrole nitrogens is 1. The van der Waals surface area contributed by atoms with Crippen molar-refractivity contribution in [2.75, 3.05) is 0 Å². The van der Waals surface area contributed by atoms with Gasteiger partial charge in [0.15, 0.2) is 0 Å². The van der Waals surface area contributed by atoms with Gasteiger partial charge >= 0.3 is 0 Å². The molecule has 1 rings (SSSR count). The highest BCUT2D eigenvalue weighted by molar-refractivity contribution is 5.11. The van der Waals surface area contributed by atoms with Gasteiger partial charge in [0, 0.05) is 5.92 Å².